The number of nitrogens with one attached hydrogen (secondary N) is 1. The fraction of sp³-hybridized carbons (Fsp3) is 0.350. The highest BCUT2D eigenvalue weighted by Gasteiger charge is 2.24. The Morgan fingerprint density at radius 1 is 1.12 bits per heavy atom. The number of hydrogen-bond acceptors (Lipinski definition) is 4. The van der Waals surface area contributed by atoms with Crippen LogP contribution in [0.4, 0.5) is 0 Å². The Bertz CT molecular complexity index is 732. The second-order valence-electron chi connectivity index (χ2n) is 6.08. The third-order valence-corrected chi connectivity index (χ3v) is 4.14. The van der Waals surface area contributed by atoms with Gasteiger partial charge in [-0.1, -0.05) is 24.3 Å². The molecule has 1 fully saturated rings. The molecule has 0 aromatic heterocycles. The zero-order valence-electron chi connectivity index (χ0n) is 14.7. The van der Waals surface area contributed by atoms with E-state index in [1.807, 2.05) is 60.4 Å². The van der Waals surface area contributed by atoms with Gasteiger partial charge < -0.3 is 19.7 Å². The molecular formula is C20H24N2O3. The Morgan fingerprint density at radius 2 is 1.80 bits per heavy atom. The topological polar surface area (TPSA) is 50.8 Å². The van der Waals surface area contributed by atoms with E-state index in [-0.39, 0.29) is 5.91 Å². The van der Waals surface area contributed by atoms with Crippen LogP contribution >= 0.6 is 0 Å². The van der Waals surface area contributed by atoms with Crippen LogP contribution in [-0.4, -0.2) is 43.1 Å². The number of amides is 1. The summed E-state index contributed by atoms with van der Waals surface area (Å²) in [5.41, 5.74) is 0.572. The quantitative estimate of drug-likeness (QED) is 0.907. The van der Waals surface area contributed by atoms with Crippen LogP contribution in [0.15, 0.2) is 48.5 Å². The summed E-state index contributed by atoms with van der Waals surface area (Å²) in [5.74, 6) is 1.82. The number of hydrogen-bond donors (Lipinski definition) is 1. The molecule has 2 aromatic rings. The lowest BCUT2D eigenvalue weighted by Gasteiger charge is -2.32. The summed E-state index contributed by atoms with van der Waals surface area (Å²) >= 11 is 0. The van der Waals surface area contributed by atoms with Crippen LogP contribution in [0, 0.1) is 0 Å². The Kier molecular flexibility index (Phi) is 5.56. The second kappa shape index (κ2) is 8.03. The van der Waals surface area contributed by atoms with Crippen molar-refractivity contribution in [2.24, 2.45) is 0 Å². The van der Waals surface area contributed by atoms with E-state index in [2.05, 4.69) is 12.2 Å². The van der Waals surface area contributed by atoms with Crippen molar-refractivity contribution in [2.45, 2.75) is 19.9 Å². The Labute approximate surface area is 148 Å². The lowest BCUT2D eigenvalue weighted by Crippen LogP contribution is -2.51. The first kappa shape index (κ1) is 17.3. The predicted molar refractivity (Wildman–Crippen MR) is 97.5 cm³/mol. The average Bonchev–Trinajstić information content (AvgIpc) is 2.63. The van der Waals surface area contributed by atoms with E-state index in [9.17, 15) is 4.79 Å². The number of carbonyl (C=O) groups is 1. The molecule has 1 aliphatic rings. The minimum Gasteiger partial charge on any atom is -0.490 e. The molecule has 5 heteroatoms. The summed E-state index contributed by atoms with van der Waals surface area (Å²) in [6.45, 7) is 6.78. The Balaban J connectivity index is 1.85. The smallest absolute Gasteiger partial charge is 0.257 e. The van der Waals surface area contributed by atoms with E-state index < -0.39 is 0 Å². The Morgan fingerprint density at radius 3 is 2.52 bits per heavy atom. The zero-order chi connectivity index (χ0) is 17.6. The predicted octanol–water partition coefficient (Wildman–Crippen LogP) is 3.31. The fourth-order valence-corrected chi connectivity index (χ4v) is 2.95. The number of carbonyl (C=O) groups excluding carboxylic acids is 1. The molecule has 3 rings (SSSR count). The van der Waals surface area contributed by atoms with E-state index in [0.29, 0.717) is 48.6 Å². The molecule has 2 aromatic carbocycles. The average molecular weight is 340 g/mol. The second-order valence-corrected chi connectivity index (χ2v) is 6.08. The molecule has 5 nitrogen and oxygen atoms in total. The first-order chi connectivity index (χ1) is 12.2. The van der Waals surface area contributed by atoms with E-state index in [1.54, 1.807) is 0 Å². The normalized spacial score (nSPS) is 17.2. The summed E-state index contributed by atoms with van der Waals surface area (Å²) in [6, 6.07) is 15.2. The minimum absolute atomic E-state index is 0.00200. The molecule has 25 heavy (non-hydrogen) atoms. The zero-order valence-corrected chi connectivity index (χ0v) is 14.7. The van der Waals surface area contributed by atoms with Gasteiger partial charge in [-0.05, 0) is 38.1 Å². The molecule has 0 radical (unpaired) electrons. The fourth-order valence-electron chi connectivity index (χ4n) is 2.95. The number of para-hydroxylation sites is 3. The van der Waals surface area contributed by atoms with Crippen LogP contribution in [0.5, 0.6) is 17.2 Å². The van der Waals surface area contributed by atoms with Crippen molar-refractivity contribution >= 4 is 5.91 Å². The third kappa shape index (κ3) is 4.12. The largest absolute Gasteiger partial charge is 0.490 e. The maximum Gasteiger partial charge on any atom is 0.257 e. The van der Waals surface area contributed by atoms with Gasteiger partial charge in [0.1, 0.15) is 5.75 Å². The van der Waals surface area contributed by atoms with Crippen LogP contribution in [0.1, 0.15) is 24.2 Å². The molecule has 1 heterocycles. The summed E-state index contributed by atoms with van der Waals surface area (Å²) in [5, 5.41) is 3.35. The number of benzene rings is 2. The van der Waals surface area contributed by atoms with Crippen LogP contribution in [0.25, 0.3) is 0 Å². The molecule has 1 atom stereocenters. The van der Waals surface area contributed by atoms with Crippen molar-refractivity contribution in [1.29, 1.82) is 0 Å². The van der Waals surface area contributed by atoms with Gasteiger partial charge in [-0.15, -0.1) is 0 Å². The first-order valence-corrected chi connectivity index (χ1v) is 8.70. The third-order valence-electron chi connectivity index (χ3n) is 4.14. The van der Waals surface area contributed by atoms with Gasteiger partial charge in [0, 0.05) is 25.7 Å². The summed E-state index contributed by atoms with van der Waals surface area (Å²) in [7, 11) is 0. The van der Waals surface area contributed by atoms with Crippen LogP contribution in [0.3, 0.4) is 0 Å². The molecule has 132 valence electrons. The molecule has 1 aliphatic heterocycles. The molecule has 1 amide bonds. The van der Waals surface area contributed by atoms with Gasteiger partial charge in [-0.2, -0.15) is 0 Å². The van der Waals surface area contributed by atoms with Gasteiger partial charge in [0.25, 0.3) is 5.91 Å². The van der Waals surface area contributed by atoms with Crippen molar-refractivity contribution in [2.75, 3.05) is 26.2 Å². The van der Waals surface area contributed by atoms with Crippen molar-refractivity contribution in [3.8, 4) is 17.2 Å². The first-order valence-electron chi connectivity index (χ1n) is 8.70. The number of rotatable bonds is 5. The number of nitrogens with zero attached hydrogens (tertiary/aromatic N) is 1. The highest BCUT2D eigenvalue weighted by atomic mass is 16.5. The lowest BCUT2D eigenvalue weighted by molar-refractivity contribution is 0.0706. The summed E-state index contributed by atoms with van der Waals surface area (Å²) < 4.78 is 11.7. The van der Waals surface area contributed by atoms with E-state index in [0.717, 1.165) is 6.54 Å². The highest BCUT2D eigenvalue weighted by molar-refractivity contribution is 5.97. The van der Waals surface area contributed by atoms with Gasteiger partial charge in [-0.25, -0.2) is 0 Å². The molecule has 1 saturated heterocycles. The van der Waals surface area contributed by atoms with Crippen molar-refractivity contribution in [1.82, 2.24) is 10.2 Å². The number of piperazine rings is 1. The van der Waals surface area contributed by atoms with Crippen LogP contribution in [0.2, 0.25) is 0 Å². The molecule has 0 spiro atoms. The maximum absolute atomic E-state index is 13.0. The molecule has 0 aliphatic carbocycles. The molecule has 0 saturated carbocycles. The van der Waals surface area contributed by atoms with Crippen molar-refractivity contribution in [3.05, 3.63) is 54.1 Å². The number of ether oxygens (including phenoxy) is 2. The lowest BCUT2D eigenvalue weighted by atomic mass is 10.1. The van der Waals surface area contributed by atoms with Gasteiger partial charge in [0.15, 0.2) is 11.5 Å². The highest BCUT2D eigenvalue weighted by Crippen LogP contribution is 2.33. The SMILES string of the molecule is CCOc1ccccc1Oc1ccccc1C(=O)N1CCNC(C)C1. The van der Waals surface area contributed by atoms with Gasteiger partial charge in [-0.3, -0.25) is 4.79 Å². The van der Waals surface area contributed by atoms with E-state index in [1.165, 1.54) is 0 Å². The van der Waals surface area contributed by atoms with E-state index >= 15 is 0 Å². The maximum atomic E-state index is 13.0. The minimum atomic E-state index is -0.00200. The molecular weight excluding hydrogens is 316 g/mol. The Hall–Kier alpha value is -2.53. The summed E-state index contributed by atoms with van der Waals surface area (Å²) in [6.07, 6.45) is 0. The van der Waals surface area contributed by atoms with Crippen LogP contribution in [-0.2, 0) is 0 Å². The summed E-state index contributed by atoms with van der Waals surface area (Å²) in [4.78, 5) is 14.8. The molecule has 1 unspecified atom stereocenters. The van der Waals surface area contributed by atoms with Crippen molar-refractivity contribution < 1.29 is 14.3 Å². The monoisotopic (exact) mass is 340 g/mol. The standard InChI is InChI=1S/C20H24N2O3/c1-3-24-18-10-6-7-11-19(18)25-17-9-5-4-8-16(17)20(23)22-13-12-21-15(2)14-22/h4-11,15,21H,3,12-14H2,1-2H3. The molecule has 1 N–H and O–H groups in total. The van der Waals surface area contributed by atoms with Gasteiger partial charge in [0.05, 0.1) is 12.2 Å². The van der Waals surface area contributed by atoms with Crippen LogP contribution < -0.4 is 14.8 Å². The van der Waals surface area contributed by atoms with Gasteiger partial charge in [0.2, 0.25) is 0 Å². The van der Waals surface area contributed by atoms with E-state index in [4.69, 9.17) is 9.47 Å². The van der Waals surface area contributed by atoms with Gasteiger partial charge >= 0.3 is 0 Å². The van der Waals surface area contributed by atoms with Crippen molar-refractivity contribution in [3.63, 3.8) is 0 Å². The molecule has 0 bridgehead atoms.